The Kier molecular flexibility index (Phi) is 4.74. The normalized spacial score (nSPS) is 14.8. The zero-order valence-corrected chi connectivity index (χ0v) is 9.59. The van der Waals surface area contributed by atoms with Gasteiger partial charge in [0.05, 0.1) is 6.04 Å². The lowest BCUT2D eigenvalue weighted by atomic mass is 10.1. The highest BCUT2D eigenvalue weighted by Gasteiger charge is 2.10. The number of carbonyl (C=O) groups is 1. The minimum Gasteiger partial charge on any atom is -0.368 e. The molecule has 1 rings (SSSR count). The van der Waals surface area contributed by atoms with E-state index in [2.05, 4.69) is 29.1 Å². The maximum Gasteiger partial charge on any atom is 0.235 e. The average Bonchev–Trinajstić information content (AvgIpc) is 2.66. The van der Waals surface area contributed by atoms with E-state index in [0.29, 0.717) is 12.6 Å². The number of carbonyl (C=O) groups excluding carboxylic acids is 1. The lowest BCUT2D eigenvalue weighted by molar-refractivity contribution is -0.119. The van der Waals surface area contributed by atoms with Crippen molar-refractivity contribution in [1.82, 2.24) is 5.32 Å². The second kappa shape index (κ2) is 5.85. The highest BCUT2D eigenvalue weighted by molar-refractivity contribution is 7.07. The summed E-state index contributed by atoms with van der Waals surface area (Å²) < 4.78 is 0. The largest absolute Gasteiger partial charge is 0.368 e. The third-order valence-corrected chi connectivity index (χ3v) is 2.91. The second-order valence-corrected chi connectivity index (χ2v) is 4.43. The van der Waals surface area contributed by atoms with Crippen molar-refractivity contribution >= 4 is 17.2 Å². The van der Waals surface area contributed by atoms with Gasteiger partial charge in [-0.25, -0.2) is 0 Å². The summed E-state index contributed by atoms with van der Waals surface area (Å²) in [5.74, 6) is -0.467. The first-order valence-corrected chi connectivity index (χ1v) is 5.83. The molecule has 0 bridgehead atoms. The van der Waals surface area contributed by atoms with Crippen LogP contribution >= 0.6 is 11.3 Å². The number of rotatable bonds is 6. The molecule has 5 heteroatoms. The molecule has 1 aromatic heterocycles. The summed E-state index contributed by atoms with van der Waals surface area (Å²) in [4.78, 5) is 10.7. The Morgan fingerprint density at radius 3 is 2.93 bits per heavy atom. The van der Waals surface area contributed by atoms with Gasteiger partial charge in [0.25, 0.3) is 0 Å². The first kappa shape index (κ1) is 12.2. The molecule has 2 unspecified atom stereocenters. The first-order valence-electron chi connectivity index (χ1n) is 4.89. The summed E-state index contributed by atoms with van der Waals surface area (Å²) in [6, 6.07) is 1.79. The topological polar surface area (TPSA) is 81.1 Å². The van der Waals surface area contributed by atoms with Crippen LogP contribution in [0.1, 0.15) is 12.5 Å². The molecule has 1 aromatic rings. The Balaban J connectivity index is 2.25. The van der Waals surface area contributed by atoms with E-state index in [1.54, 1.807) is 11.3 Å². The van der Waals surface area contributed by atoms with E-state index in [0.717, 1.165) is 6.42 Å². The highest BCUT2D eigenvalue weighted by atomic mass is 32.1. The molecule has 15 heavy (non-hydrogen) atoms. The number of nitrogens with one attached hydrogen (secondary N) is 1. The van der Waals surface area contributed by atoms with Crippen LogP contribution in [-0.2, 0) is 11.2 Å². The summed E-state index contributed by atoms with van der Waals surface area (Å²) in [5.41, 5.74) is 11.9. The molecule has 84 valence electrons. The summed E-state index contributed by atoms with van der Waals surface area (Å²) >= 11 is 1.68. The van der Waals surface area contributed by atoms with Gasteiger partial charge in [-0.05, 0) is 35.7 Å². The monoisotopic (exact) mass is 227 g/mol. The van der Waals surface area contributed by atoms with Crippen molar-refractivity contribution in [2.75, 3.05) is 6.54 Å². The zero-order chi connectivity index (χ0) is 11.3. The van der Waals surface area contributed by atoms with Gasteiger partial charge < -0.3 is 16.8 Å². The maximum atomic E-state index is 10.7. The molecule has 2 atom stereocenters. The molecule has 5 N–H and O–H groups in total. The molecule has 1 heterocycles. The number of hydrogen-bond acceptors (Lipinski definition) is 4. The van der Waals surface area contributed by atoms with Crippen LogP contribution in [0.2, 0.25) is 0 Å². The Labute approximate surface area is 93.7 Å². The number of thiophene rings is 1. The van der Waals surface area contributed by atoms with E-state index < -0.39 is 11.9 Å². The van der Waals surface area contributed by atoms with Crippen molar-refractivity contribution in [3.05, 3.63) is 22.4 Å². The summed E-state index contributed by atoms with van der Waals surface area (Å²) in [6.07, 6.45) is 0.939. The van der Waals surface area contributed by atoms with E-state index in [1.807, 2.05) is 0 Å². The van der Waals surface area contributed by atoms with Gasteiger partial charge in [0.15, 0.2) is 0 Å². The molecular formula is C10H17N3OS. The summed E-state index contributed by atoms with van der Waals surface area (Å²) in [5, 5.41) is 7.35. The zero-order valence-electron chi connectivity index (χ0n) is 8.77. The molecular weight excluding hydrogens is 210 g/mol. The van der Waals surface area contributed by atoms with Gasteiger partial charge in [-0.15, -0.1) is 0 Å². The van der Waals surface area contributed by atoms with Gasteiger partial charge >= 0.3 is 0 Å². The molecule has 0 saturated heterocycles. The van der Waals surface area contributed by atoms with E-state index >= 15 is 0 Å². The first-order chi connectivity index (χ1) is 7.09. The number of nitrogens with two attached hydrogens (primary N) is 2. The van der Waals surface area contributed by atoms with Crippen LogP contribution in [0, 0.1) is 0 Å². The summed E-state index contributed by atoms with van der Waals surface area (Å²) in [6.45, 7) is 2.49. The molecule has 0 radical (unpaired) electrons. The van der Waals surface area contributed by atoms with Crippen molar-refractivity contribution in [2.45, 2.75) is 25.4 Å². The quantitative estimate of drug-likeness (QED) is 0.644. The fourth-order valence-electron chi connectivity index (χ4n) is 1.26. The lowest BCUT2D eigenvalue weighted by Crippen LogP contribution is -2.46. The number of primary amides is 1. The van der Waals surface area contributed by atoms with Gasteiger partial charge in [0.1, 0.15) is 0 Å². The van der Waals surface area contributed by atoms with Gasteiger partial charge in [-0.3, -0.25) is 4.79 Å². The molecule has 0 spiro atoms. The van der Waals surface area contributed by atoms with Crippen LogP contribution in [-0.4, -0.2) is 24.5 Å². The SMILES string of the molecule is CC(Cc1ccsc1)NCC(N)C(N)=O. The standard InChI is InChI=1S/C10H17N3OS/c1-7(4-8-2-3-15-6-8)13-5-9(11)10(12)14/h2-3,6-7,9,13H,4-5,11H2,1H3,(H2,12,14). The fourth-order valence-corrected chi connectivity index (χ4v) is 1.94. The van der Waals surface area contributed by atoms with Gasteiger partial charge in [0.2, 0.25) is 5.91 Å². The molecule has 0 aromatic carbocycles. The molecule has 0 aliphatic carbocycles. The summed E-state index contributed by atoms with van der Waals surface area (Å²) in [7, 11) is 0. The minimum absolute atomic E-state index is 0.296. The van der Waals surface area contributed by atoms with Crippen molar-refractivity contribution in [1.29, 1.82) is 0 Å². The Hall–Kier alpha value is -0.910. The Morgan fingerprint density at radius 1 is 1.67 bits per heavy atom. The van der Waals surface area contributed by atoms with Crippen LogP contribution < -0.4 is 16.8 Å². The average molecular weight is 227 g/mol. The van der Waals surface area contributed by atoms with Crippen LogP contribution in [0.5, 0.6) is 0 Å². The third-order valence-electron chi connectivity index (χ3n) is 2.17. The molecule has 0 fully saturated rings. The van der Waals surface area contributed by atoms with Crippen LogP contribution in [0.3, 0.4) is 0 Å². The number of hydrogen-bond donors (Lipinski definition) is 3. The predicted molar refractivity (Wildman–Crippen MR) is 62.7 cm³/mol. The molecule has 0 aliphatic heterocycles. The van der Waals surface area contributed by atoms with E-state index in [9.17, 15) is 4.79 Å². The molecule has 0 saturated carbocycles. The van der Waals surface area contributed by atoms with Crippen molar-refractivity contribution < 1.29 is 4.79 Å². The lowest BCUT2D eigenvalue weighted by Gasteiger charge is -2.15. The van der Waals surface area contributed by atoms with Gasteiger partial charge in [-0.2, -0.15) is 11.3 Å². The van der Waals surface area contributed by atoms with Gasteiger partial charge in [-0.1, -0.05) is 0 Å². The minimum atomic E-state index is -0.602. The van der Waals surface area contributed by atoms with Crippen molar-refractivity contribution in [3.8, 4) is 0 Å². The highest BCUT2D eigenvalue weighted by Crippen LogP contribution is 2.08. The van der Waals surface area contributed by atoms with Crippen molar-refractivity contribution in [2.24, 2.45) is 11.5 Å². The van der Waals surface area contributed by atoms with E-state index in [-0.39, 0.29) is 0 Å². The van der Waals surface area contributed by atoms with Crippen LogP contribution in [0.15, 0.2) is 16.8 Å². The van der Waals surface area contributed by atoms with Crippen LogP contribution in [0.4, 0.5) is 0 Å². The molecule has 0 aliphatic rings. The van der Waals surface area contributed by atoms with Gasteiger partial charge in [0, 0.05) is 12.6 Å². The van der Waals surface area contributed by atoms with E-state index in [1.165, 1.54) is 5.56 Å². The maximum absolute atomic E-state index is 10.7. The number of amides is 1. The Bertz CT molecular complexity index is 300. The molecule has 4 nitrogen and oxygen atoms in total. The smallest absolute Gasteiger partial charge is 0.235 e. The Morgan fingerprint density at radius 2 is 2.40 bits per heavy atom. The third kappa shape index (κ3) is 4.42. The fraction of sp³-hybridized carbons (Fsp3) is 0.500. The van der Waals surface area contributed by atoms with Crippen molar-refractivity contribution in [3.63, 3.8) is 0 Å². The predicted octanol–water partition coefficient (Wildman–Crippen LogP) is 0.0813. The van der Waals surface area contributed by atoms with E-state index in [4.69, 9.17) is 11.5 Å². The second-order valence-electron chi connectivity index (χ2n) is 3.65. The molecule has 1 amide bonds. The van der Waals surface area contributed by atoms with Crippen LogP contribution in [0.25, 0.3) is 0 Å².